The molecule has 0 aliphatic rings. The van der Waals surface area contributed by atoms with Crippen LogP contribution in [0.4, 0.5) is 5.69 Å². The molecule has 106 valence electrons. The minimum absolute atomic E-state index is 0.0495. The number of hydrogen-bond acceptors (Lipinski definition) is 4. The monoisotopic (exact) mass is 293 g/mol. The number of aliphatic hydroxyl groups excluding tert-OH is 1. The normalized spacial score (nSPS) is 11.1. The van der Waals surface area contributed by atoms with Gasteiger partial charge < -0.3 is 9.84 Å². The molecule has 5 nitrogen and oxygen atoms in total. The lowest BCUT2D eigenvalue weighted by molar-refractivity contribution is 0.278. The van der Waals surface area contributed by atoms with Crippen molar-refractivity contribution in [1.82, 2.24) is 0 Å². The molecule has 0 atom stereocenters. The van der Waals surface area contributed by atoms with Crippen LogP contribution in [0.2, 0.25) is 0 Å². The predicted molar refractivity (Wildman–Crippen MR) is 76.2 cm³/mol. The molecule has 2 aromatic carbocycles. The summed E-state index contributed by atoms with van der Waals surface area (Å²) in [5.74, 6) is 0.428. The first-order chi connectivity index (χ1) is 9.58. The number of hydrogen-bond donors (Lipinski definition) is 2. The molecule has 0 aromatic heterocycles. The molecule has 0 saturated heterocycles. The zero-order valence-corrected chi connectivity index (χ0v) is 11.7. The zero-order chi connectivity index (χ0) is 14.6. The van der Waals surface area contributed by atoms with Gasteiger partial charge >= 0.3 is 0 Å². The summed E-state index contributed by atoms with van der Waals surface area (Å²) in [5, 5.41) is 9.23. The Balaban J connectivity index is 2.41. The van der Waals surface area contributed by atoms with Crippen molar-refractivity contribution < 1.29 is 18.3 Å². The van der Waals surface area contributed by atoms with Crippen LogP contribution in [0.25, 0.3) is 0 Å². The van der Waals surface area contributed by atoms with Crippen molar-refractivity contribution in [2.75, 3.05) is 11.8 Å². The van der Waals surface area contributed by atoms with Crippen molar-refractivity contribution in [2.45, 2.75) is 11.5 Å². The fraction of sp³-hybridized carbons (Fsp3) is 0.143. The van der Waals surface area contributed by atoms with Crippen molar-refractivity contribution in [3.8, 4) is 5.75 Å². The van der Waals surface area contributed by atoms with E-state index >= 15 is 0 Å². The third-order valence-electron chi connectivity index (χ3n) is 2.78. The molecule has 0 aliphatic carbocycles. The number of nitrogens with one attached hydrogen (secondary N) is 1. The molecule has 0 amide bonds. The molecular formula is C14H15NO4S. The van der Waals surface area contributed by atoms with E-state index in [1.807, 2.05) is 0 Å². The van der Waals surface area contributed by atoms with Crippen molar-refractivity contribution in [3.63, 3.8) is 0 Å². The molecular weight excluding hydrogens is 278 g/mol. The lowest BCUT2D eigenvalue weighted by Crippen LogP contribution is -2.15. The minimum Gasteiger partial charge on any atom is -0.495 e. The Morgan fingerprint density at radius 3 is 2.45 bits per heavy atom. The Labute approximate surface area is 117 Å². The quantitative estimate of drug-likeness (QED) is 0.884. The van der Waals surface area contributed by atoms with Crippen molar-refractivity contribution >= 4 is 15.7 Å². The highest BCUT2D eigenvalue weighted by molar-refractivity contribution is 7.92. The first kappa shape index (κ1) is 14.4. The van der Waals surface area contributed by atoms with E-state index in [-0.39, 0.29) is 11.5 Å². The van der Waals surface area contributed by atoms with Gasteiger partial charge in [-0.3, -0.25) is 4.72 Å². The second-order valence-corrected chi connectivity index (χ2v) is 5.72. The highest BCUT2D eigenvalue weighted by atomic mass is 32.2. The molecule has 6 heteroatoms. The van der Waals surface area contributed by atoms with E-state index in [2.05, 4.69) is 4.72 Å². The van der Waals surface area contributed by atoms with Crippen LogP contribution in [0.3, 0.4) is 0 Å². The first-order valence-corrected chi connectivity index (χ1v) is 7.41. The molecule has 0 heterocycles. The molecule has 2 N–H and O–H groups in total. The van der Waals surface area contributed by atoms with Crippen molar-refractivity contribution in [3.05, 3.63) is 54.1 Å². The standard InChI is InChI=1S/C14H15NO4S/c1-19-13-8-4-3-7-12(13)15-20(17,18)14-9-5-2-6-11(14)10-16/h2-9,15-16H,10H2,1H3. The van der Waals surface area contributed by atoms with E-state index in [1.54, 1.807) is 42.5 Å². The Hall–Kier alpha value is -2.05. The van der Waals surface area contributed by atoms with E-state index in [9.17, 15) is 13.5 Å². The fourth-order valence-electron chi connectivity index (χ4n) is 1.83. The van der Waals surface area contributed by atoms with Gasteiger partial charge in [-0.25, -0.2) is 8.42 Å². The van der Waals surface area contributed by atoms with E-state index in [1.165, 1.54) is 13.2 Å². The Morgan fingerprint density at radius 1 is 1.10 bits per heavy atom. The van der Waals surface area contributed by atoms with E-state index in [4.69, 9.17) is 4.74 Å². The molecule has 2 aromatic rings. The van der Waals surface area contributed by atoms with Gasteiger partial charge in [0.05, 0.1) is 24.3 Å². The van der Waals surface area contributed by atoms with Crippen LogP contribution in [0.15, 0.2) is 53.4 Å². The Kier molecular flexibility index (Phi) is 4.26. The van der Waals surface area contributed by atoms with E-state index in [0.717, 1.165) is 0 Å². The maximum atomic E-state index is 12.4. The lowest BCUT2D eigenvalue weighted by atomic mass is 10.2. The molecule has 0 unspecified atom stereocenters. The predicted octanol–water partition coefficient (Wildman–Crippen LogP) is 1.99. The highest BCUT2D eigenvalue weighted by Crippen LogP contribution is 2.27. The van der Waals surface area contributed by atoms with Gasteiger partial charge in [-0.15, -0.1) is 0 Å². The Bertz CT molecular complexity index is 698. The summed E-state index contributed by atoms with van der Waals surface area (Å²) < 4.78 is 32.3. The number of ether oxygens (including phenoxy) is 1. The van der Waals surface area contributed by atoms with Crippen LogP contribution in [-0.4, -0.2) is 20.6 Å². The van der Waals surface area contributed by atoms with Gasteiger partial charge in [-0.2, -0.15) is 0 Å². The highest BCUT2D eigenvalue weighted by Gasteiger charge is 2.19. The first-order valence-electron chi connectivity index (χ1n) is 5.93. The average Bonchev–Trinajstić information content (AvgIpc) is 2.47. The van der Waals surface area contributed by atoms with Crippen molar-refractivity contribution in [1.29, 1.82) is 0 Å². The van der Waals surface area contributed by atoms with Crippen molar-refractivity contribution in [2.24, 2.45) is 0 Å². The molecule has 0 saturated carbocycles. The maximum Gasteiger partial charge on any atom is 0.262 e. The van der Waals surface area contributed by atoms with Gasteiger partial charge in [-0.05, 0) is 23.8 Å². The second-order valence-electron chi connectivity index (χ2n) is 4.07. The molecule has 0 radical (unpaired) electrons. The topological polar surface area (TPSA) is 75.6 Å². The van der Waals surface area contributed by atoms with Gasteiger partial charge in [0.15, 0.2) is 0 Å². The summed E-state index contributed by atoms with van der Waals surface area (Å²) in [7, 11) is -2.31. The zero-order valence-electron chi connectivity index (χ0n) is 10.9. The van der Waals surface area contributed by atoms with Gasteiger partial charge in [0.2, 0.25) is 0 Å². The summed E-state index contributed by atoms with van der Waals surface area (Å²) in [5.41, 5.74) is 0.692. The molecule has 0 bridgehead atoms. The number of para-hydroxylation sites is 2. The largest absolute Gasteiger partial charge is 0.495 e. The second kappa shape index (κ2) is 5.94. The molecule has 0 aliphatic heterocycles. The number of aliphatic hydroxyl groups is 1. The summed E-state index contributed by atoms with van der Waals surface area (Å²) in [6.07, 6.45) is 0. The summed E-state index contributed by atoms with van der Waals surface area (Å²) >= 11 is 0. The Morgan fingerprint density at radius 2 is 1.75 bits per heavy atom. The van der Waals surface area contributed by atoms with Crippen LogP contribution in [-0.2, 0) is 16.6 Å². The van der Waals surface area contributed by atoms with Gasteiger partial charge in [-0.1, -0.05) is 30.3 Å². The average molecular weight is 293 g/mol. The van der Waals surface area contributed by atoms with Gasteiger partial charge in [0.25, 0.3) is 10.0 Å². The summed E-state index contributed by atoms with van der Waals surface area (Å²) in [6.45, 7) is -0.344. The maximum absolute atomic E-state index is 12.4. The summed E-state index contributed by atoms with van der Waals surface area (Å²) in [4.78, 5) is 0.0495. The molecule has 2 rings (SSSR count). The molecule has 0 spiro atoms. The van der Waals surface area contributed by atoms with Gasteiger partial charge in [0, 0.05) is 0 Å². The van der Waals surface area contributed by atoms with Gasteiger partial charge in [0.1, 0.15) is 5.75 Å². The van der Waals surface area contributed by atoms with Crippen LogP contribution in [0.1, 0.15) is 5.56 Å². The smallest absolute Gasteiger partial charge is 0.262 e. The SMILES string of the molecule is COc1ccccc1NS(=O)(=O)c1ccccc1CO. The van der Waals surface area contributed by atoms with E-state index < -0.39 is 10.0 Å². The molecule has 0 fully saturated rings. The fourth-order valence-corrected chi connectivity index (χ4v) is 3.13. The number of methoxy groups -OCH3 is 1. The third-order valence-corrected chi connectivity index (χ3v) is 4.25. The van der Waals surface area contributed by atoms with Crippen LogP contribution in [0.5, 0.6) is 5.75 Å². The number of benzene rings is 2. The van der Waals surface area contributed by atoms with Crippen LogP contribution < -0.4 is 9.46 Å². The number of sulfonamides is 1. The minimum atomic E-state index is -3.78. The van der Waals surface area contributed by atoms with Crippen LogP contribution in [0, 0.1) is 0 Å². The number of anilines is 1. The van der Waals surface area contributed by atoms with Crippen LogP contribution >= 0.6 is 0 Å². The number of rotatable bonds is 5. The third kappa shape index (κ3) is 2.92. The van der Waals surface area contributed by atoms with E-state index in [0.29, 0.717) is 17.0 Å². The summed E-state index contributed by atoms with van der Waals surface area (Å²) in [6, 6.07) is 13.0. The lowest BCUT2D eigenvalue weighted by Gasteiger charge is -2.13. The molecule has 20 heavy (non-hydrogen) atoms.